The zero-order valence-electron chi connectivity index (χ0n) is 10.2. The van der Waals surface area contributed by atoms with E-state index in [1.54, 1.807) is 12.1 Å². The van der Waals surface area contributed by atoms with Crippen LogP contribution in [0.3, 0.4) is 0 Å². The molecular weight excluding hydrogens is 217 g/mol. The zero-order chi connectivity index (χ0) is 12.3. The van der Waals surface area contributed by atoms with Crippen LogP contribution >= 0.6 is 0 Å². The molecule has 0 unspecified atom stereocenters. The minimum absolute atomic E-state index is 0.0311. The second-order valence-electron chi connectivity index (χ2n) is 4.54. The predicted molar refractivity (Wildman–Crippen MR) is 65.6 cm³/mol. The third-order valence-electron chi connectivity index (χ3n) is 3.24. The lowest BCUT2D eigenvalue weighted by Crippen LogP contribution is -2.28. The summed E-state index contributed by atoms with van der Waals surface area (Å²) in [6.45, 7) is 3.89. The standard InChI is InChI=1S/C14H18FNO/c1-2-16(13-6-7-13)9-8-14(17)11-4-3-5-12(15)10-11/h3-5,10,13H,2,6-9H2,1H3. The van der Waals surface area contributed by atoms with Gasteiger partial charge < -0.3 is 4.90 Å². The molecule has 92 valence electrons. The number of hydrogen-bond acceptors (Lipinski definition) is 2. The number of hydrogen-bond donors (Lipinski definition) is 0. The van der Waals surface area contributed by atoms with Crippen molar-refractivity contribution >= 4 is 5.78 Å². The van der Waals surface area contributed by atoms with Crippen LogP contribution in [-0.4, -0.2) is 29.8 Å². The van der Waals surface area contributed by atoms with Gasteiger partial charge in [0.2, 0.25) is 0 Å². The van der Waals surface area contributed by atoms with E-state index in [2.05, 4.69) is 11.8 Å². The van der Waals surface area contributed by atoms with E-state index in [0.717, 1.165) is 13.1 Å². The van der Waals surface area contributed by atoms with Crippen molar-refractivity contribution in [2.75, 3.05) is 13.1 Å². The van der Waals surface area contributed by atoms with Gasteiger partial charge in [-0.05, 0) is 31.5 Å². The molecule has 0 amide bonds. The average Bonchev–Trinajstić information content (AvgIpc) is 3.14. The third-order valence-corrected chi connectivity index (χ3v) is 3.24. The van der Waals surface area contributed by atoms with Crippen LogP contribution in [0.25, 0.3) is 0 Å². The molecule has 2 nitrogen and oxygen atoms in total. The predicted octanol–water partition coefficient (Wildman–Crippen LogP) is 2.88. The molecule has 0 bridgehead atoms. The number of nitrogens with zero attached hydrogens (tertiary/aromatic N) is 1. The zero-order valence-corrected chi connectivity index (χ0v) is 10.2. The fourth-order valence-electron chi connectivity index (χ4n) is 2.09. The highest BCUT2D eigenvalue weighted by atomic mass is 19.1. The molecule has 17 heavy (non-hydrogen) atoms. The summed E-state index contributed by atoms with van der Waals surface area (Å²) >= 11 is 0. The molecule has 0 saturated heterocycles. The molecule has 1 saturated carbocycles. The van der Waals surface area contributed by atoms with E-state index < -0.39 is 0 Å². The summed E-state index contributed by atoms with van der Waals surface area (Å²) in [5.41, 5.74) is 0.483. The Hall–Kier alpha value is -1.22. The van der Waals surface area contributed by atoms with Crippen molar-refractivity contribution in [3.63, 3.8) is 0 Å². The summed E-state index contributed by atoms with van der Waals surface area (Å²) in [4.78, 5) is 14.2. The van der Waals surface area contributed by atoms with Gasteiger partial charge in [-0.1, -0.05) is 19.1 Å². The van der Waals surface area contributed by atoms with Crippen molar-refractivity contribution in [2.24, 2.45) is 0 Å². The lowest BCUT2D eigenvalue weighted by Gasteiger charge is -2.18. The quantitative estimate of drug-likeness (QED) is 0.707. The molecule has 2 rings (SSSR count). The maximum atomic E-state index is 13.0. The van der Waals surface area contributed by atoms with Gasteiger partial charge in [-0.3, -0.25) is 4.79 Å². The van der Waals surface area contributed by atoms with Crippen LogP contribution in [0.2, 0.25) is 0 Å². The summed E-state index contributed by atoms with van der Waals surface area (Å²) in [5.74, 6) is -0.311. The Labute approximate surface area is 101 Å². The molecule has 0 spiro atoms. The van der Waals surface area contributed by atoms with Gasteiger partial charge in [-0.25, -0.2) is 4.39 Å². The molecule has 1 aliphatic carbocycles. The number of halogens is 1. The molecule has 0 aromatic heterocycles. The van der Waals surface area contributed by atoms with E-state index in [-0.39, 0.29) is 11.6 Å². The van der Waals surface area contributed by atoms with Gasteiger partial charge >= 0.3 is 0 Å². The van der Waals surface area contributed by atoms with Gasteiger partial charge in [-0.15, -0.1) is 0 Å². The van der Waals surface area contributed by atoms with Gasteiger partial charge in [-0.2, -0.15) is 0 Å². The van der Waals surface area contributed by atoms with Crippen molar-refractivity contribution < 1.29 is 9.18 Å². The normalized spacial score (nSPS) is 15.2. The smallest absolute Gasteiger partial charge is 0.164 e. The van der Waals surface area contributed by atoms with Crippen molar-refractivity contribution in [1.29, 1.82) is 0 Å². The van der Waals surface area contributed by atoms with Crippen LogP contribution in [0.15, 0.2) is 24.3 Å². The molecule has 1 aromatic rings. The number of rotatable bonds is 6. The minimum Gasteiger partial charge on any atom is -0.300 e. The number of benzene rings is 1. The second-order valence-corrected chi connectivity index (χ2v) is 4.54. The van der Waals surface area contributed by atoms with Crippen LogP contribution in [0.5, 0.6) is 0 Å². The largest absolute Gasteiger partial charge is 0.300 e. The maximum Gasteiger partial charge on any atom is 0.164 e. The van der Waals surface area contributed by atoms with E-state index in [0.29, 0.717) is 18.0 Å². The number of Topliss-reactive ketones (excluding diaryl/α,β-unsaturated/α-hetero) is 1. The first-order valence-corrected chi connectivity index (χ1v) is 6.23. The minimum atomic E-state index is -0.342. The van der Waals surface area contributed by atoms with E-state index in [4.69, 9.17) is 0 Å². The number of carbonyl (C=O) groups is 1. The number of ketones is 1. The first kappa shape index (κ1) is 12.2. The highest BCUT2D eigenvalue weighted by Gasteiger charge is 2.27. The van der Waals surface area contributed by atoms with Crippen molar-refractivity contribution in [1.82, 2.24) is 4.90 Å². The Balaban J connectivity index is 1.88. The van der Waals surface area contributed by atoms with Gasteiger partial charge in [0.15, 0.2) is 5.78 Å². The van der Waals surface area contributed by atoms with Crippen LogP contribution in [0, 0.1) is 5.82 Å². The Morgan fingerprint density at radius 1 is 1.47 bits per heavy atom. The van der Waals surface area contributed by atoms with Crippen LogP contribution in [0.1, 0.15) is 36.5 Å². The summed E-state index contributed by atoms with van der Waals surface area (Å²) in [6, 6.07) is 6.62. The highest BCUT2D eigenvalue weighted by molar-refractivity contribution is 5.96. The van der Waals surface area contributed by atoms with Crippen LogP contribution in [-0.2, 0) is 0 Å². The monoisotopic (exact) mass is 235 g/mol. The molecule has 0 aliphatic heterocycles. The molecule has 0 N–H and O–H groups in total. The molecular formula is C14H18FNO. The summed E-state index contributed by atoms with van der Waals surface area (Å²) in [6.07, 6.45) is 2.98. The third kappa shape index (κ3) is 3.37. The Kier molecular flexibility index (Phi) is 3.89. The highest BCUT2D eigenvalue weighted by Crippen LogP contribution is 2.26. The van der Waals surface area contributed by atoms with E-state index in [1.165, 1.54) is 25.0 Å². The molecule has 0 atom stereocenters. The summed E-state index contributed by atoms with van der Waals surface area (Å²) in [7, 11) is 0. The van der Waals surface area contributed by atoms with E-state index in [1.807, 2.05) is 0 Å². The number of carbonyl (C=O) groups excluding carboxylic acids is 1. The maximum absolute atomic E-state index is 13.0. The lowest BCUT2D eigenvalue weighted by molar-refractivity contribution is 0.0963. The summed E-state index contributed by atoms with van der Waals surface area (Å²) in [5, 5.41) is 0. The molecule has 0 radical (unpaired) electrons. The van der Waals surface area contributed by atoms with Crippen LogP contribution < -0.4 is 0 Å². The van der Waals surface area contributed by atoms with E-state index in [9.17, 15) is 9.18 Å². The van der Waals surface area contributed by atoms with Crippen molar-refractivity contribution in [2.45, 2.75) is 32.2 Å². The summed E-state index contributed by atoms with van der Waals surface area (Å²) < 4.78 is 13.0. The fraction of sp³-hybridized carbons (Fsp3) is 0.500. The van der Waals surface area contributed by atoms with Gasteiger partial charge in [0.05, 0.1) is 0 Å². The van der Waals surface area contributed by atoms with Gasteiger partial charge in [0, 0.05) is 24.6 Å². The molecule has 3 heteroatoms. The molecule has 0 heterocycles. The van der Waals surface area contributed by atoms with E-state index >= 15 is 0 Å². The first-order chi connectivity index (χ1) is 8.20. The topological polar surface area (TPSA) is 20.3 Å². The molecule has 1 aliphatic rings. The molecule has 1 fully saturated rings. The fourth-order valence-corrected chi connectivity index (χ4v) is 2.09. The first-order valence-electron chi connectivity index (χ1n) is 6.23. The van der Waals surface area contributed by atoms with Crippen molar-refractivity contribution in [3.05, 3.63) is 35.6 Å². The lowest BCUT2D eigenvalue weighted by atomic mass is 10.1. The van der Waals surface area contributed by atoms with Gasteiger partial charge in [0.25, 0.3) is 0 Å². The van der Waals surface area contributed by atoms with Gasteiger partial charge in [0.1, 0.15) is 5.82 Å². The Morgan fingerprint density at radius 3 is 2.82 bits per heavy atom. The Bertz CT molecular complexity index is 401. The second kappa shape index (κ2) is 5.41. The van der Waals surface area contributed by atoms with Crippen molar-refractivity contribution in [3.8, 4) is 0 Å². The Morgan fingerprint density at radius 2 is 2.24 bits per heavy atom. The SMILES string of the molecule is CCN(CCC(=O)c1cccc(F)c1)C1CC1. The average molecular weight is 235 g/mol. The van der Waals surface area contributed by atoms with Crippen LogP contribution in [0.4, 0.5) is 4.39 Å². The molecule has 1 aromatic carbocycles.